The molecule has 2 aromatic rings. The molecule has 0 aliphatic carbocycles. The molecule has 0 saturated carbocycles. The lowest BCUT2D eigenvalue weighted by Crippen LogP contribution is -2.32. The van der Waals surface area contributed by atoms with Crippen molar-refractivity contribution >= 4 is 5.91 Å². The molecule has 0 bridgehead atoms. The van der Waals surface area contributed by atoms with Gasteiger partial charge in [-0.1, -0.05) is 13.0 Å². The molecule has 2 unspecified atom stereocenters. The average Bonchev–Trinajstić information content (AvgIpc) is 3.49. The van der Waals surface area contributed by atoms with Crippen molar-refractivity contribution in [3.8, 4) is 11.5 Å². The molecule has 31 heavy (non-hydrogen) atoms. The van der Waals surface area contributed by atoms with Crippen molar-refractivity contribution in [3.63, 3.8) is 0 Å². The molecule has 0 spiro atoms. The van der Waals surface area contributed by atoms with Gasteiger partial charge in [-0.15, -0.1) is 0 Å². The predicted molar refractivity (Wildman–Crippen MR) is 116 cm³/mol. The van der Waals surface area contributed by atoms with Crippen molar-refractivity contribution in [3.05, 3.63) is 41.6 Å². The first-order valence-corrected chi connectivity index (χ1v) is 10.8. The summed E-state index contributed by atoms with van der Waals surface area (Å²) in [6.45, 7) is 6.71. The zero-order valence-electron chi connectivity index (χ0n) is 18.8. The predicted octanol–water partition coefficient (Wildman–Crippen LogP) is 3.40. The van der Waals surface area contributed by atoms with Crippen molar-refractivity contribution in [2.75, 3.05) is 27.4 Å². The van der Waals surface area contributed by atoms with E-state index in [1.165, 1.54) is 6.26 Å². The van der Waals surface area contributed by atoms with Crippen LogP contribution in [0.5, 0.6) is 11.5 Å². The minimum atomic E-state index is -0.239. The van der Waals surface area contributed by atoms with Gasteiger partial charge in [0.05, 0.1) is 26.9 Å². The average molecular weight is 432 g/mol. The molecule has 2 heterocycles. The Morgan fingerprint density at radius 2 is 2.16 bits per heavy atom. The third kappa shape index (κ3) is 6.21. The van der Waals surface area contributed by atoms with E-state index in [-0.39, 0.29) is 18.1 Å². The molecule has 8 heteroatoms. The van der Waals surface area contributed by atoms with Crippen LogP contribution in [0.1, 0.15) is 55.1 Å². The maximum atomic E-state index is 12.4. The fourth-order valence-electron chi connectivity index (χ4n) is 3.59. The SMILES string of the molecule is CCC(C)N(Cc1nc(C(=O)NCC2CCCO2)co1)Cc1ccc(OC)cc1OC. The Morgan fingerprint density at radius 3 is 2.84 bits per heavy atom. The van der Waals surface area contributed by atoms with Gasteiger partial charge >= 0.3 is 0 Å². The van der Waals surface area contributed by atoms with Gasteiger partial charge in [-0.2, -0.15) is 0 Å². The second-order valence-corrected chi connectivity index (χ2v) is 7.81. The number of carbonyl (C=O) groups excluding carboxylic acids is 1. The Bertz CT molecular complexity index is 847. The number of rotatable bonds is 11. The van der Waals surface area contributed by atoms with Crippen LogP contribution in [-0.2, 0) is 17.8 Å². The Hall–Kier alpha value is -2.58. The van der Waals surface area contributed by atoms with Crippen LogP contribution in [0.3, 0.4) is 0 Å². The molecule has 0 radical (unpaired) electrons. The van der Waals surface area contributed by atoms with Gasteiger partial charge in [0.25, 0.3) is 5.91 Å². The number of hydrogen-bond donors (Lipinski definition) is 1. The summed E-state index contributed by atoms with van der Waals surface area (Å²) in [6, 6.07) is 6.10. The van der Waals surface area contributed by atoms with Crippen molar-refractivity contribution in [1.82, 2.24) is 15.2 Å². The van der Waals surface area contributed by atoms with Crippen LogP contribution in [0.15, 0.2) is 28.9 Å². The Morgan fingerprint density at radius 1 is 1.32 bits per heavy atom. The third-order valence-electron chi connectivity index (χ3n) is 5.72. The number of benzene rings is 1. The molecule has 1 aromatic heterocycles. The van der Waals surface area contributed by atoms with Crippen LogP contribution < -0.4 is 14.8 Å². The smallest absolute Gasteiger partial charge is 0.273 e. The summed E-state index contributed by atoms with van der Waals surface area (Å²) < 4.78 is 22.0. The molecule has 3 rings (SSSR count). The standard InChI is InChI=1S/C23H33N3O5/c1-5-16(2)26(13-17-8-9-18(28-3)11-21(17)29-4)14-22-25-20(15-31-22)23(27)24-12-19-7-6-10-30-19/h8-9,11,15-16,19H,5-7,10,12-14H2,1-4H3,(H,24,27). The highest BCUT2D eigenvalue weighted by Crippen LogP contribution is 2.27. The molecule has 1 aliphatic heterocycles. The molecule has 1 amide bonds. The Balaban J connectivity index is 1.65. The normalized spacial score (nSPS) is 17.0. The van der Waals surface area contributed by atoms with Crippen LogP contribution in [0.2, 0.25) is 0 Å². The van der Waals surface area contributed by atoms with Gasteiger partial charge in [0, 0.05) is 37.4 Å². The number of oxazole rings is 1. The molecule has 1 aliphatic rings. The van der Waals surface area contributed by atoms with Crippen LogP contribution in [-0.4, -0.2) is 55.3 Å². The van der Waals surface area contributed by atoms with Crippen LogP contribution >= 0.6 is 0 Å². The summed E-state index contributed by atoms with van der Waals surface area (Å²) in [5.41, 5.74) is 1.34. The summed E-state index contributed by atoms with van der Waals surface area (Å²) in [4.78, 5) is 19.1. The first-order chi connectivity index (χ1) is 15.0. The van der Waals surface area contributed by atoms with E-state index in [0.717, 1.165) is 42.9 Å². The zero-order chi connectivity index (χ0) is 22.2. The number of nitrogens with one attached hydrogen (secondary N) is 1. The van der Waals surface area contributed by atoms with Gasteiger partial charge in [0.2, 0.25) is 5.89 Å². The highest BCUT2D eigenvalue weighted by Gasteiger charge is 2.21. The number of methoxy groups -OCH3 is 2. The highest BCUT2D eigenvalue weighted by atomic mass is 16.5. The summed E-state index contributed by atoms with van der Waals surface area (Å²) >= 11 is 0. The zero-order valence-corrected chi connectivity index (χ0v) is 18.8. The van der Waals surface area contributed by atoms with Gasteiger partial charge in [0.15, 0.2) is 5.69 Å². The maximum Gasteiger partial charge on any atom is 0.273 e. The van der Waals surface area contributed by atoms with Crippen LogP contribution in [0.25, 0.3) is 0 Å². The topological polar surface area (TPSA) is 86.1 Å². The fourth-order valence-corrected chi connectivity index (χ4v) is 3.59. The van der Waals surface area contributed by atoms with E-state index >= 15 is 0 Å². The largest absolute Gasteiger partial charge is 0.497 e. The first-order valence-electron chi connectivity index (χ1n) is 10.8. The lowest BCUT2D eigenvalue weighted by atomic mass is 10.1. The number of ether oxygens (including phenoxy) is 3. The lowest BCUT2D eigenvalue weighted by molar-refractivity contribution is 0.0853. The molecule has 1 fully saturated rings. The van der Waals surface area contributed by atoms with Crippen molar-refractivity contribution in [2.24, 2.45) is 0 Å². The van der Waals surface area contributed by atoms with E-state index in [9.17, 15) is 4.79 Å². The summed E-state index contributed by atoms with van der Waals surface area (Å²) in [6.07, 6.45) is 4.49. The molecule has 2 atom stereocenters. The Kier molecular flexibility index (Phi) is 8.31. The molecule has 1 N–H and O–H groups in total. The minimum Gasteiger partial charge on any atom is -0.497 e. The first kappa shape index (κ1) is 23.1. The molecule has 1 saturated heterocycles. The molecular formula is C23H33N3O5. The number of carbonyl (C=O) groups is 1. The van der Waals surface area contributed by atoms with Gasteiger partial charge in [0.1, 0.15) is 17.8 Å². The van der Waals surface area contributed by atoms with E-state index in [1.807, 2.05) is 18.2 Å². The quantitative estimate of drug-likeness (QED) is 0.583. The molecule has 1 aromatic carbocycles. The minimum absolute atomic E-state index is 0.0932. The van der Waals surface area contributed by atoms with E-state index in [2.05, 4.69) is 29.0 Å². The van der Waals surface area contributed by atoms with E-state index in [4.69, 9.17) is 18.6 Å². The molecule has 170 valence electrons. The van der Waals surface area contributed by atoms with Gasteiger partial charge < -0.3 is 23.9 Å². The molecule has 8 nitrogen and oxygen atoms in total. The van der Waals surface area contributed by atoms with Gasteiger partial charge in [-0.05, 0) is 32.3 Å². The highest BCUT2D eigenvalue weighted by molar-refractivity contribution is 5.91. The lowest BCUT2D eigenvalue weighted by Gasteiger charge is -2.27. The second-order valence-electron chi connectivity index (χ2n) is 7.81. The maximum absolute atomic E-state index is 12.4. The van der Waals surface area contributed by atoms with Crippen molar-refractivity contribution in [2.45, 2.75) is 58.3 Å². The third-order valence-corrected chi connectivity index (χ3v) is 5.72. The number of nitrogens with zero attached hydrogens (tertiary/aromatic N) is 2. The fraction of sp³-hybridized carbons (Fsp3) is 0.565. The second kappa shape index (κ2) is 11.2. The van der Waals surface area contributed by atoms with E-state index in [1.54, 1.807) is 14.2 Å². The van der Waals surface area contributed by atoms with Crippen LogP contribution in [0.4, 0.5) is 0 Å². The van der Waals surface area contributed by atoms with Crippen molar-refractivity contribution < 1.29 is 23.4 Å². The van der Waals surface area contributed by atoms with Gasteiger partial charge in [-0.3, -0.25) is 9.69 Å². The molecular weight excluding hydrogens is 398 g/mol. The summed E-state index contributed by atoms with van der Waals surface area (Å²) in [5.74, 6) is 1.80. The van der Waals surface area contributed by atoms with Crippen molar-refractivity contribution in [1.29, 1.82) is 0 Å². The van der Waals surface area contributed by atoms with Gasteiger partial charge in [-0.25, -0.2) is 4.98 Å². The number of aromatic nitrogens is 1. The summed E-state index contributed by atoms with van der Waals surface area (Å²) in [5, 5.41) is 2.88. The van der Waals surface area contributed by atoms with E-state index < -0.39 is 0 Å². The van der Waals surface area contributed by atoms with Crippen LogP contribution in [0, 0.1) is 0 Å². The van der Waals surface area contributed by atoms with E-state index in [0.29, 0.717) is 31.2 Å². The number of hydrogen-bond acceptors (Lipinski definition) is 7. The monoisotopic (exact) mass is 431 g/mol. The Labute approximate surface area is 183 Å². The summed E-state index contributed by atoms with van der Waals surface area (Å²) in [7, 11) is 3.29. The number of amides is 1.